The van der Waals surface area contributed by atoms with Gasteiger partial charge >= 0.3 is 0 Å². The quantitative estimate of drug-likeness (QED) is 0.0640. The van der Waals surface area contributed by atoms with Gasteiger partial charge in [0, 0.05) is 0 Å². The molecule has 0 fully saturated rings. The first-order chi connectivity index (χ1) is 21.3. The zero-order chi connectivity index (χ0) is 30.7. The molecule has 0 aromatic heterocycles. The molecule has 0 saturated carbocycles. The van der Waals surface area contributed by atoms with Crippen LogP contribution in [0.3, 0.4) is 0 Å². The van der Waals surface area contributed by atoms with E-state index in [1.165, 1.54) is 178 Å². The van der Waals surface area contributed by atoms with Gasteiger partial charge in [-0.15, -0.1) is 0 Å². The predicted octanol–water partition coefficient (Wildman–Crippen LogP) is 14.4. The van der Waals surface area contributed by atoms with Crippen LogP contribution < -0.4 is 5.19 Å². The van der Waals surface area contributed by atoms with Gasteiger partial charge in [-0.2, -0.15) is 0 Å². The topological polar surface area (TPSA) is 0 Å². The van der Waals surface area contributed by atoms with Crippen LogP contribution in [0.25, 0.3) is 11.1 Å². The summed E-state index contributed by atoms with van der Waals surface area (Å²) in [5.41, 5.74) is 3.01. The standard InChI is InChI=1S/C42H72Si/c1-4-7-10-13-16-19-22-30-37-43(38-31-23-20-17-14-11-8-5-2,39-32-24-21-18-15-12-9-6-3)42-36-29-28-35-41(42)40-33-26-25-27-34-40/h25-29,33-36H,4-24,30-32,37-39H2,1-3H3. The molecule has 1 heteroatoms. The lowest BCUT2D eigenvalue weighted by Crippen LogP contribution is -2.48. The molecule has 244 valence electrons. The van der Waals surface area contributed by atoms with Gasteiger partial charge in [0.2, 0.25) is 0 Å². The molecule has 0 saturated heterocycles. The second kappa shape index (κ2) is 25.9. The Morgan fingerprint density at radius 3 is 1.07 bits per heavy atom. The van der Waals surface area contributed by atoms with Gasteiger partial charge in [0.15, 0.2) is 0 Å². The fourth-order valence-electron chi connectivity index (χ4n) is 7.39. The van der Waals surface area contributed by atoms with E-state index in [1.54, 1.807) is 10.8 Å². The van der Waals surface area contributed by atoms with E-state index in [0.717, 1.165) is 0 Å². The van der Waals surface area contributed by atoms with E-state index in [9.17, 15) is 0 Å². The Morgan fingerprint density at radius 2 is 0.674 bits per heavy atom. The van der Waals surface area contributed by atoms with Crippen LogP contribution >= 0.6 is 0 Å². The van der Waals surface area contributed by atoms with Crippen LogP contribution in [-0.2, 0) is 0 Å². The van der Waals surface area contributed by atoms with Crippen LogP contribution in [0.2, 0.25) is 18.1 Å². The fraction of sp³-hybridized carbons (Fsp3) is 0.714. The maximum Gasteiger partial charge on any atom is 0.0875 e. The van der Waals surface area contributed by atoms with Crippen molar-refractivity contribution >= 4 is 13.3 Å². The summed E-state index contributed by atoms with van der Waals surface area (Å²) in [5, 5.41) is 1.80. The van der Waals surface area contributed by atoms with E-state index in [-0.39, 0.29) is 0 Å². The summed E-state index contributed by atoms with van der Waals surface area (Å²) in [6, 6.07) is 25.6. The molecule has 0 unspecified atom stereocenters. The van der Waals surface area contributed by atoms with Crippen LogP contribution in [0, 0.1) is 0 Å². The highest BCUT2D eigenvalue weighted by Crippen LogP contribution is 2.33. The van der Waals surface area contributed by atoms with Gasteiger partial charge in [-0.05, 0) is 11.1 Å². The van der Waals surface area contributed by atoms with E-state index >= 15 is 0 Å². The minimum atomic E-state index is -1.64. The van der Waals surface area contributed by atoms with Gasteiger partial charge in [0.1, 0.15) is 0 Å². The van der Waals surface area contributed by atoms with Crippen LogP contribution in [0.15, 0.2) is 54.6 Å². The number of rotatable bonds is 29. The van der Waals surface area contributed by atoms with Crippen molar-refractivity contribution in [1.29, 1.82) is 0 Å². The first kappa shape index (κ1) is 37.8. The molecule has 0 aliphatic rings. The Hall–Kier alpha value is -1.34. The van der Waals surface area contributed by atoms with Crippen LogP contribution in [0.4, 0.5) is 0 Å². The molecule has 2 aromatic rings. The molecule has 2 aromatic carbocycles. The SMILES string of the molecule is CCCCCCCCCC[Si](CCCCCCCCCC)(CCCCCCCCCC)c1ccccc1-c1ccccc1. The van der Waals surface area contributed by atoms with E-state index in [4.69, 9.17) is 0 Å². The lowest BCUT2D eigenvalue weighted by molar-refractivity contribution is 0.575. The molecule has 0 bridgehead atoms. The van der Waals surface area contributed by atoms with Crippen molar-refractivity contribution in [2.75, 3.05) is 0 Å². The Morgan fingerprint density at radius 1 is 0.349 bits per heavy atom. The molecule has 0 atom stereocenters. The van der Waals surface area contributed by atoms with Crippen molar-refractivity contribution < 1.29 is 0 Å². The third-order valence-electron chi connectivity index (χ3n) is 10.1. The summed E-state index contributed by atoms with van der Waals surface area (Å²) in [6.07, 6.45) is 34.4. The van der Waals surface area contributed by atoms with Crippen molar-refractivity contribution in [2.45, 2.75) is 193 Å². The van der Waals surface area contributed by atoms with Crippen molar-refractivity contribution in [3.63, 3.8) is 0 Å². The smallest absolute Gasteiger partial charge is 0.0654 e. The highest BCUT2D eigenvalue weighted by atomic mass is 28.3. The highest BCUT2D eigenvalue weighted by molar-refractivity contribution is 6.92. The molecular formula is C42H72Si. The summed E-state index contributed by atoms with van der Waals surface area (Å²) in [6.45, 7) is 6.99. The van der Waals surface area contributed by atoms with Gasteiger partial charge < -0.3 is 0 Å². The second-order valence-corrected chi connectivity index (χ2v) is 18.5. The molecule has 2 rings (SSSR count). The Kier molecular flexibility index (Phi) is 22.8. The molecule has 0 radical (unpaired) electrons. The second-order valence-electron chi connectivity index (χ2n) is 13.9. The number of hydrogen-bond acceptors (Lipinski definition) is 0. The predicted molar refractivity (Wildman–Crippen MR) is 200 cm³/mol. The average Bonchev–Trinajstić information content (AvgIpc) is 3.05. The van der Waals surface area contributed by atoms with Crippen LogP contribution in [0.5, 0.6) is 0 Å². The molecule has 0 nitrogen and oxygen atoms in total. The van der Waals surface area contributed by atoms with Crippen LogP contribution in [0.1, 0.15) is 175 Å². The van der Waals surface area contributed by atoms with Gasteiger partial charge in [-0.1, -0.05) is 253 Å². The van der Waals surface area contributed by atoms with E-state index < -0.39 is 8.07 Å². The molecule has 0 heterocycles. The Bertz CT molecular complexity index is 821. The first-order valence-corrected chi connectivity index (χ1v) is 22.0. The molecular weight excluding hydrogens is 533 g/mol. The van der Waals surface area contributed by atoms with Crippen molar-refractivity contribution in [3.8, 4) is 11.1 Å². The van der Waals surface area contributed by atoms with Gasteiger partial charge in [0.25, 0.3) is 0 Å². The lowest BCUT2D eigenvalue weighted by atomic mass is 10.1. The summed E-state index contributed by atoms with van der Waals surface area (Å²) in [7, 11) is -1.64. The maximum atomic E-state index is 2.59. The molecule has 0 amide bonds. The van der Waals surface area contributed by atoms with Crippen molar-refractivity contribution in [2.24, 2.45) is 0 Å². The van der Waals surface area contributed by atoms with E-state index in [1.807, 2.05) is 0 Å². The number of unbranched alkanes of at least 4 members (excludes halogenated alkanes) is 21. The van der Waals surface area contributed by atoms with Crippen molar-refractivity contribution in [1.82, 2.24) is 0 Å². The molecule has 0 spiro atoms. The zero-order valence-electron chi connectivity index (χ0n) is 29.3. The van der Waals surface area contributed by atoms with E-state index in [2.05, 4.69) is 75.4 Å². The molecule has 0 aliphatic carbocycles. The normalized spacial score (nSPS) is 11.8. The maximum absolute atomic E-state index is 2.59. The minimum Gasteiger partial charge on any atom is -0.0654 e. The van der Waals surface area contributed by atoms with Crippen LogP contribution in [-0.4, -0.2) is 8.07 Å². The Labute approximate surface area is 271 Å². The number of benzene rings is 2. The Balaban J connectivity index is 2.16. The summed E-state index contributed by atoms with van der Waals surface area (Å²) < 4.78 is 0. The zero-order valence-corrected chi connectivity index (χ0v) is 30.3. The van der Waals surface area contributed by atoms with Gasteiger partial charge in [-0.3, -0.25) is 0 Å². The average molecular weight is 605 g/mol. The molecule has 43 heavy (non-hydrogen) atoms. The molecule has 0 aliphatic heterocycles. The van der Waals surface area contributed by atoms with E-state index in [0.29, 0.717) is 0 Å². The van der Waals surface area contributed by atoms with Crippen molar-refractivity contribution in [3.05, 3.63) is 54.6 Å². The minimum absolute atomic E-state index is 1.35. The fourth-order valence-corrected chi connectivity index (χ4v) is 13.0. The highest BCUT2D eigenvalue weighted by Gasteiger charge is 2.35. The van der Waals surface area contributed by atoms with Gasteiger partial charge in [0.05, 0.1) is 8.07 Å². The first-order valence-electron chi connectivity index (χ1n) is 19.4. The number of hydrogen-bond donors (Lipinski definition) is 0. The lowest BCUT2D eigenvalue weighted by Gasteiger charge is -2.35. The van der Waals surface area contributed by atoms with Gasteiger partial charge in [-0.25, -0.2) is 0 Å². The monoisotopic (exact) mass is 605 g/mol. The summed E-state index contributed by atoms with van der Waals surface area (Å²) in [4.78, 5) is 0. The third kappa shape index (κ3) is 16.5. The largest absolute Gasteiger partial charge is 0.0875 e. The molecule has 0 N–H and O–H groups in total. The summed E-state index contributed by atoms with van der Waals surface area (Å²) >= 11 is 0. The summed E-state index contributed by atoms with van der Waals surface area (Å²) in [5.74, 6) is 0. The third-order valence-corrected chi connectivity index (χ3v) is 15.6.